The average molecular weight is 302 g/mol. The number of ether oxygens (including phenoxy) is 2. The third kappa shape index (κ3) is 4.09. The van der Waals surface area contributed by atoms with Crippen LogP contribution in [0.3, 0.4) is 0 Å². The van der Waals surface area contributed by atoms with Crippen molar-refractivity contribution < 1.29 is 17.9 Å². The quantitative estimate of drug-likeness (QED) is 0.743. The zero-order valence-electron chi connectivity index (χ0n) is 12.0. The van der Waals surface area contributed by atoms with Crippen molar-refractivity contribution >= 4 is 10.0 Å². The van der Waals surface area contributed by atoms with Gasteiger partial charge < -0.3 is 15.2 Å². The molecular formula is C13H22N2O4S. The molecule has 6 nitrogen and oxygen atoms in total. The zero-order valence-corrected chi connectivity index (χ0v) is 12.9. The summed E-state index contributed by atoms with van der Waals surface area (Å²) in [6.45, 7) is 2.10. The number of hydrogen-bond donors (Lipinski definition) is 2. The lowest BCUT2D eigenvalue weighted by molar-refractivity contribution is 0.354. The summed E-state index contributed by atoms with van der Waals surface area (Å²) in [6, 6.07) is 5.26. The second-order valence-electron chi connectivity index (χ2n) is 4.32. The summed E-state index contributed by atoms with van der Waals surface area (Å²) >= 11 is 0. The van der Waals surface area contributed by atoms with Crippen molar-refractivity contribution in [1.29, 1.82) is 0 Å². The van der Waals surface area contributed by atoms with Crippen LogP contribution in [0, 0.1) is 0 Å². The van der Waals surface area contributed by atoms with E-state index in [2.05, 4.69) is 4.72 Å². The molecule has 0 bridgehead atoms. The van der Waals surface area contributed by atoms with Crippen molar-refractivity contribution in [3.8, 4) is 11.5 Å². The predicted octanol–water partition coefficient (Wildman–Crippen LogP) is 0.861. The molecule has 114 valence electrons. The van der Waals surface area contributed by atoms with Gasteiger partial charge in [-0.2, -0.15) is 0 Å². The smallest absolute Gasteiger partial charge is 0.216 e. The third-order valence-electron chi connectivity index (χ3n) is 3.08. The van der Waals surface area contributed by atoms with E-state index < -0.39 is 15.3 Å². The van der Waals surface area contributed by atoms with Gasteiger partial charge in [0.15, 0.2) is 11.5 Å². The zero-order chi connectivity index (χ0) is 15.2. The Morgan fingerprint density at radius 1 is 1.25 bits per heavy atom. The van der Waals surface area contributed by atoms with Crippen LogP contribution in [0.5, 0.6) is 11.5 Å². The number of benzene rings is 1. The summed E-state index contributed by atoms with van der Waals surface area (Å²) in [7, 11) is -0.319. The van der Waals surface area contributed by atoms with Crippen molar-refractivity contribution in [2.75, 3.05) is 20.8 Å². The van der Waals surface area contributed by atoms with E-state index >= 15 is 0 Å². The lowest BCUT2D eigenvalue weighted by atomic mass is 10.2. The first-order valence-electron chi connectivity index (χ1n) is 6.37. The fraction of sp³-hybridized carbons (Fsp3) is 0.538. The summed E-state index contributed by atoms with van der Waals surface area (Å²) in [5, 5.41) is -0.567. The summed E-state index contributed by atoms with van der Waals surface area (Å²) in [5.41, 5.74) is 6.26. The van der Waals surface area contributed by atoms with Crippen LogP contribution in [0.4, 0.5) is 0 Å². The van der Waals surface area contributed by atoms with Gasteiger partial charge in [-0.3, -0.25) is 0 Å². The Balaban J connectivity index is 2.80. The highest BCUT2D eigenvalue weighted by Gasteiger charge is 2.21. The van der Waals surface area contributed by atoms with Gasteiger partial charge in [0.25, 0.3) is 0 Å². The van der Waals surface area contributed by atoms with Crippen LogP contribution < -0.4 is 19.9 Å². The Labute approximate surface area is 120 Å². The van der Waals surface area contributed by atoms with E-state index in [-0.39, 0.29) is 13.1 Å². The molecule has 1 atom stereocenters. The Bertz CT molecular complexity index is 527. The highest BCUT2D eigenvalue weighted by Crippen LogP contribution is 2.27. The highest BCUT2D eigenvalue weighted by molar-refractivity contribution is 7.90. The molecule has 0 aliphatic heterocycles. The van der Waals surface area contributed by atoms with Gasteiger partial charge in [-0.05, 0) is 24.1 Å². The van der Waals surface area contributed by atoms with E-state index in [1.54, 1.807) is 32.2 Å². The molecule has 0 amide bonds. The first-order valence-corrected chi connectivity index (χ1v) is 7.92. The van der Waals surface area contributed by atoms with Crippen molar-refractivity contribution in [3.63, 3.8) is 0 Å². The van der Waals surface area contributed by atoms with E-state index in [1.807, 2.05) is 0 Å². The molecule has 20 heavy (non-hydrogen) atoms. The molecule has 0 saturated heterocycles. The first-order chi connectivity index (χ1) is 9.48. The van der Waals surface area contributed by atoms with E-state index in [1.165, 1.54) is 7.11 Å². The molecule has 0 aromatic heterocycles. The molecule has 0 radical (unpaired) electrons. The maximum Gasteiger partial charge on any atom is 0.216 e. The largest absolute Gasteiger partial charge is 0.493 e. The average Bonchev–Trinajstić information content (AvgIpc) is 2.45. The molecule has 1 aromatic carbocycles. The molecule has 1 unspecified atom stereocenters. The molecule has 0 aliphatic rings. The van der Waals surface area contributed by atoms with Gasteiger partial charge in [0.1, 0.15) is 0 Å². The van der Waals surface area contributed by atoms with Gasteiger partial charge in [0.05, 0.1) is 19.5 Å². The number of hydrogen-bond acceptors (Lipinski definition) is 5. The van der Waals surface area contributed by atoms with Gasteiger partial charge in [0.2, 0.25) is 10.0 Å². The molecular weight excluding hydrogens is 280 g/mol. The molecule has 0 saturated carbocycles. The second-order valence-corrected chi connectivity index (χ2v) is 6.37. The van der Waals surface area contributed by atoms with Gasteiger partial charge in [-0.25, -0.2) is 13.1 Å². The third-order valence-corrected chi connectivity index (χ3v) is 5.03. The van der Waals surface area contributed by atoms with Gasteiger partial charge >= 0.3 is 0 Å². The fourth-order valence-electron chi connectivity index (χ4n) is 1.81. The molecule has 1 aromatic rings. The molecule has 0 spiro atoms. The van der Waals surface area contributed by atoms with Crippen LogP contribution >= 0.6 is 0 Å². The van der Waals surface area contributed by atoms with Crippen LogP contribution in [-0.4, -0.2) is 34.4 Å². The monoisotopic (exact) mass is 302 g/mol. The van der Waals surface area contributed by atoms with Crippen LogP contribution in [-0.2, 0) is 16.6 Å². The Morgan fingerprint density at radius 3 is 2.40 bits per heavy atom. The number of rotatable bonds is 8. The standard InChI is InChI=1S/C13H22N2O4S/c1-4-11(8-14)20(16,17)15-9-10-5-6-12(18-2)13(7-10)19-3/h5-7,11,15H,4,8-9,14H2,1-3H3. The first kappa shape index (κ1) is 16.7. The maximum atomic E-state index is 12.0. The van der Waals surface area contributed by atoms with E-state index in [9.17, 15) is 8.42 Å². The van der Waals surface area contributed by atoms with Crippen LogP contribution in [0.2, 0.25) is 0 Å². The van der Waals surface area contributed by atoms with Crippen molar-refractivity contribution in [3.05, 3.63) is 23.8 Å². The SMILES string of the molecule is CCC(CN)S(=O)(=O)NCc1ccc(OC)c(OC)c1. The van der Waals surface area contributed by atoms with Crippen molar-refractivity contribution in [1.82, 2.24) is 4.72 Å². The Kier molecular flexibility index (Phi) is 6.25. The molecule has 1 rings (SSSR count). The normalized spacial score (nSPS) is 13.0. The van der Waals surface area contributed by atoms with Gasteiger partial charge in [-0.1, -0.05) is 13.0 Å². The number of nitrogens with two attached hydrogens (primary N) is 1. The molecule has 0 heterocycles. The van der Waals surface area contributed by atoms with Crippen molar-refractivity contribution in [2.45, 2.75) is 25.1 Å². The summed E-state index contributed by atoms with van der Waals surface area (Å²) in [6.07, 6.45) is 0.484. The molecule has 0 aliphatic carbocycles. The molecule has 0 fully saturated rings. The highest BCUT2D eigenvalue weighted by atomic mass is 32.2. The lowest BCUT2D eigenvalue weighted by Crippen LogP contribution is -2.38. The number of methoxy groups -OCH3 is 2. The van der Waals surface area contributed by atoms with Gasteiger partial charge in [-0.15, -0.1) is 0 Å². The summed E-state index contributed by atoms with van der Waals surface area (Å²) in [4.78, 5) is 0. The second kappa shape index (κ2) is 7.47. The van der Waals surface area contributed by atoms with Gasteiger partial charge in [0, 0.05) is 13.1 Å². The topological polar surface area (TPSA) is 90.7 Å². The molecule has 7 heteroatoms. The van der Waals surface area contributed by atoms with Crippen LogP contribution in [0.1, 0.15) is 18.9 Å². The number of nitrogens with one attached hydrogen (secondary N) is 1. The predicted molar refractivity (Wildman–Crippen MR) is 78.4 cm³/mol. The fourth-order valence-corrected chi connectivity index (χ4v) is 3.10. The lowest BCUT2D eigenvalue weighted by Gasteiger charge is -2.15. The van der Waals surface area contributed by atoms with Crippen LogP contribution in [0.25, 0.3) is 0 Å². The minimum atomic E-state index is -3.40. The summed E-state index contributed by atoms with van der Waals surface area (Å²) in [5.74, 6) is 1.17. The minimum absolute atomic E-state index is 0.109. The van der Waals surface area contributed by atoms with E-state index in [4.69, 9.17) is 15.2 Å². The van der Waals surface area contributed by atoms with E-state index in [0.29, 0.717) is 17.9 Å². The Hall–Kier alpha value is -1.31. The molecule has 3 N–H and O–H groups in total. The van der Waals surface area contributed by atoms with Crippen molar-refractivity contribution in [2.24, 2.45) is 5.73 Å². The Morgan fingerprint density at radius 2 is 1.90 bits per heavy atom. The minimum Gasteiger partial charge on any atom is -0.493 e. The van der Waals surface area contributed by atoms with Crippen LogP contribution in [0.15, 0.2) is 18.2 Å². The van der Waals surface area contributed by atoms with E-state index in [0.717, 1.165) is 5.56 Å². The summed E-state index contributed by atoms with van der Waals surface area (Å²) < 4.78 is 36.9. The number of sulfonamides is 1. The maximum absolute atomic E-state index is 12.0.